The van der Waals surface area contributed by atoms with Crippen molar-refractivity contribution in [2.75, 3.05) is 6.54 Å². The number of aryl methyl sites for hydroxylation is 1. The molecular formula is C19H27N3O. The van der Waals surface area contributed by atoms with Crippen LogP contribution in [-0.2, 0) is 24.2 Å². The van der Waals surface area contributed by atoms with Gasteiger partial charge in [-0.15, -0.1) is 0 Å². The van der Waals surface area contributed by atoms with Crippen LogP contribution in [0.2, 0.25) is 0 Å². The van der Waals surface area contributed by atoms with Gasteiger partial charge in [0.1, 0.15) is 0 Å². The summed E-state index contributed by atoms with van der Waals surface area (Å²) in [6, 6.07) is 10.2. The highest BCUT2D eigenvalue weighted by Crippen LogP contribution is 2.15. The minimum absolute atomic E-state index is 0.0660. The van der Waals surface area contributed by atoms with Gasteiger partial charge in [-0.05, 0) is 31.7 Å². The van der Waals surface area contributed by atoms with Crippen molar-refractivity contribution in [3.8, 4) is 0 Å². The topological polar surface area (TPSA) is 46.9 Å². The third kappa shape index (κ3) is 4.95. The molecule has 1 aromatic heterocycles. The Morgan fingerprint density at radius 3 is 2.57 bits per heavy atom. The zero-order valence-corrected chi connectivity index (χ0v) is 14.6. The molecule has 0 spiro atoms. The van der Waals surface area contributed by atoms with Gasteiger partial charge in [-0.25, -0.2) is 0 Å². The van der Waals surface area contributed by atoms with Gasteiger partial charge in [-0.1, -0.05) is 44.2 Å². The van der Waals surface area contributed by atoms with Crippen LogP contribution in [0.25, 0.3) is 0 Å². The number of nitrogens with zero attached hydrogens (tertiary/aromatic N) is 2. The molecule has 2 aromatic rings. The molecule has 0 atom stereocenters. The first kappa shape index (κ1) is 17.3. The van der Waals surface area contributed by atoms with Crippen LogP contribution in [0.4, 0.5) is 0 Å². The van der Waals surface area contributed by atoms with E-state index in [4.69, 9.17) is 0 Å². The highest BCUT2D eigenvalue weighted by Gasteiger charge is 2.15. The quantitative estimate of drug-likeness (QED) is 0.854. The summed E-state index contributed by atoms with van der Waals surface area (Å²) in [6.45, 7) is 9.94. The van der Waals surface area contributed by atoms with E-state index in [1.165, 1.54) is 5.56 Å². The number of hydrogen-bond acceptors (Lipinski definition) is 2. The van der Waals surface area contributed by atoms with E-state index in [0.29, 0.717) is 18.9 Å². The first-order valence-corrected chi connectivity index (χ1v) is 8.31. The zero-order chi connectivity index (χ0) is 16.8. The first-order chi connectivity index (χ1) is 11.0. The molecule has 0 saturated carbocycles. The molecule has 124 valence electrons. The second-order valence-electron chi connectivity index (χ2n) is 6.49. The average molecular weight is 313 g/mol. The molecule has 23 heavy (non-hydrogen) atoms. The second kappa shape index (κ2) is 7.95. The van der Waals surface area contributed by atoms with Crippen molar-refractivity contribution in [1.29, 1.82) is 0 Å². The van der Waals surface area contributed by atoms with Crippen molar-refractivity contribution in [2.45, 2.75) is 47.1 Å². The van der Waals surface area contributed by atoms with E-state index in [2.05, 4.69) is 43.3 Å². The highest BCUT2D eigenvalue weighted by molar-refractivity contribution is 5.79. The van der Waals surface area contributed by atoms with Gasteiger partial charge in [-0.2, -0.15) is 5.10 Å². The molecule has 1 aromatic carbocycles. The molecule has 0 aliphatic heterocycles. The Labute approximate surface area is 138 Å². The van der Waals surface area contributed by atoms with E-state index < -0.39 is 0 Å². The number of carbonyl (C=O) groups excluding carboxylic acids is 1. The predicted molar refractivity (Wildman–Crippen MR) is 93.4 cm³/mol. The van der Waals surface area contributed by atoms with Crippen molar-refractivity contribution in [2.24, 2.45) is 5.92 Å². The molecule has 1 N–H and O–H groups in total. The number of benzene rings is 1. The van der Waals surface area contributed by atoms with Crippen LogP contribution >= 0.6 is 0 Å². The van der Waals surface area contributed by atoms with E-state index in [1.54, 1.807) is 0 Å². The molecule has 0 aliphatic rings. The average Bonchev–Trinajstić information content (AvgIpc) is 2.75. The summed E-state index contributed by atoms with van der Waals surface area (Å²) in [6.07, 6.45) is 1.27. The fourth-order valence-corrected chi connectivity index (χ4v) is 2.73. The largest absolute Gasteiger partial charge is 0.355 e. The lowest BCUT2D eigenvalue weighted by molar-refractivity contribution is -0.120. The Morgan fingerprint density at radius 2 is 1.91 bits per heavy atom. The minimum atomic E-state index is 0.0660. The Kier molecular flexibility index (Phi) is 5.97. The monoisotopic (exact) mass is 313 g/mol. The third-order valence-corrected chi connectivity index (χ3v) is 3.99. The van der Waals surface area contributed by atoms with E-state index in [1.807, 2.05) is 29.8 Å². The number of nitrogens with one attached hydrogen (secondary N) is 1. The van der Waals surface area contributed by atoms with Crippen LogP contribution in [-0.4, -0.2) is 22.2 Å². The van der Waals surface area contributed by atoms with Crippen molar-refractivity contribution >= 4 is 5.91 Å². The number of aromatic nitrogens is 2. The standard InChI is InChI=1S/C19H27N3O/c1-14(2)13-22-16(4)18(15(3)21-22)12-19(23)20-11-10-17-8-6-5-7-9-17/h5-9,14H,10-13H2,1-4H3,(H,20,23). The molecule has 0 radical (unpaired) electrons. The predicted octanol–water partition coefficient (Wildman–Crippen LogP) is 3.06. The molecule has 2 rings (SSSR count). The molecule has 0 saturated heterocycles. The van der Waals surface area contributed by atoms with Gasteiger partial charge < -0.3 is 5.32 Å². The summed E-state index contributed by atoms with van der Waals surface area (Å²) in [4.78, 5) is 12.2. The normalized spacial score (nSPS) is 11.0. The van der Waals surface area contributed by atoms with E-state index >= 15 is 0 Å². The van der Waals surface area contributed by atoms with Crippen LogP contribution < -0.4 is 5.32 Å². The highest BCUT2D eigenvalue weighted by atomic mass is 16.1. The van der Waals surface area contributed by atoms with Gasteiger partial charge in [0, 0.05) is 24.3 Å². The van der Waals surface area contributed by atoms with Crippen molar-refractivity contribution < 1.29 is 4.79 Å². The maximum atomic E-state index is 12.2. The van der Waals surface area contributed by atoms with Gasteiger partial charge in [0.05, 0.1) is 12.1 Å². The van der Waals surface area contributed by atoms with Gasteiger partial charge >= 0.3 is 0 Å². The van der Waals surface area contributed by atoms with Crippen molar-refractivity contribution in [3.63, 3.8) is 0 Å². The smallest absolute Gasteiger partial charge is 0.224 e. The van der Waals surface area contributed by atoms with Crippen LogP contribution in [0, 0.1) is 19.8 Å². The van der Waals surface area contributed by atoms with Gasteiger partial charge in [0.25, 0.3) is 0 Å². The fourth-order valence-electron chi connectivity index (χ4n) is 2.73. The fraction of sp³-hybridized carbons (Fsp3) is 0.474. The molecule has 0 aliphatic carbocycles. The molecule has 1 amide bonds. The number of amides is 1. The first-order valence-electron chi connectivity index (χ1n) is 8.31. The summed E-state index contributed by atoms with van der Waals surface area (Å²) in [5.74, 6) is 0.608. The molecule has 4 heteroatoms. The van der Waals surface area contributed by atoms with Crippen molar-refractivity contribution in [1.82, 2.24) is 15.1 Å². The SMILES string of the molecule is Cc1nn(CC(C)C)c(C)c1CC(=O)NCCc1ccccc1. The number of rotatable bonds is 7. The van der Waals surface area contributed by atoms with E-state index in [9.17, 15) is 4.79 Å². The maximum absolute atomic E-state index is 12.2. The third-order valence-electron chi connectivity index (χ3n) is 3.99. The van der Waals surface area contributed by atoms with Gasteiger partial charge in [0.2, 0.25) is 5.91 Å². The van der Waals surface area contributed by atoms with E-state index in [0.717, 1.165) is 29.9 Å². The Balaban J connectivity index is 1.89. The van der Waals surface area contributed by atoms with Crippen molar-refractivity contribution in [3.05, 3.63) is 52.8 Å². The van der Waals surface area contributed by atoms with Crippen LogP contribution in [0.1, 0.15) is 36.4 Å². The Hall–Kier alpha value is -2.10. The maximum Gasteiger partial charge on any atom is 0.224 e. The van der Waals surface area contributed by atoms with E-state index in [-0.39, 0.29) is 5.91 Å². The molecule has 0 fully saturated rings. The molecular weight excluding hydrogens is 286 g/mol. The van der Waals surface area contributed by atoms with Crippen LogP contribution in [0.3, 0.4) is 0 Å². The molecule has 0 bridgehead atoms. The number of carbonyl (C=O) groups is 1. The van der Waals surface area contributed by atoms with Crippen LogP contribution in [0.15, 0.2) is 30.3 Å². The van der Waals surface area contributed by atoms with Gasteiger partial charge in [0.15, 0.2) is 0 Å². The second-order valence-corrected chi connectivity index (χ2v) is 6.49. The summed E-state index contributed by atoms with van der Waals surface area (Å²) in [7, 11) is 0. The summed E-state index contributed by atoms with van der Waals surface area (Å²) in [5.41, 5.74) is 4.36. The number of hydrogen-bond donors (Lipinski definition) is 1. The molecule has 1 heterocycles. The lowest BCUT2D eigenvalue weighted by atomic mass is 10.1. The Morgan fingerprint density at radius 1 is 1.22 bits per heavy atom. The molecule has 0 unspecified atom stereocenters. The molecule has 4 nitrogen and oxygen atoms in total. The minimum Gasteiger partial charge on any atom is -0.355 e. The Bertz CT molecular complexity index is 644. The lowest BCUT2D eigenvalue weighted by Crippen LogP contribution is -2.27. The zero-order valence-electron chi connectivity index (χ0n) is 14.6. The summed E-state index contributed by atoms with van der Waals surface area (Å²) < 4.78 is 2.02. The lowest BCUT2D eigenvalue weighted by Gasteiger charge is -2.08. The van der Waals surface area contributed by atoms with Crippen LogP contribution in [0.5, 0.6) is 0 Å². The van der Waals surface area contributed by atoms with Gasteiger partial charge in [-0.3, -0.25) is 9.48 Å². The summed E-state index contributed by atoms with van der Waals surface area (Å²) >= 11 is 0. The summed E-state index contributed by atoms with van der Waals surface area (Å²) in [5, 5.41) is 7.58.